The summed E-state index contributed by atoms with van der Waals surface area (Å²) >= 11 is 0. The predicted octanol–water partition coefficient (Wildman–Crippen LogP) is 2.70. The largest absolute Gasteiger partial charge is 0.497 e. The highest BCUT2D eigenvalue weighted by molar-refractivity contribution is 5.79. The maximum absolute atomic E-state index is 5.75. The Labute approximate surface area is 185 Å². The van der Waals surface area contributed by atoms with Gasteiger partial charge < -0.3 is 24.8 Å². The lowest BCUT2D eigenvalue weighted by atomic mass is 10.0. The highest BCUT2D eigenvalue weighted by atomic mass is 16.5. The second-order valence-electron chi connectivity index (χ2n) is 7.33. The zero-order valence-electron chi connectivity index (χ0n) is 18.5. The van der Waals surface area contributed by atoms with Crippen molar-refractivity contribution in [2.24, 2.45) is 4.99 Å². The predicted molar refractivity (Wildman–Crippen MR) is 124 cm³/mol. The molecular weight excluding hydrogens is 392 g/mol. The number of para-hydroxylation sites is 1. The lowest BCUT2D eigenvalue weighted by molar-refractivity contribution is 0.0170. The third-order valence-corrected chi connectivity index (χ3v) is 5.30. The number of nitrogens with one attached hydrogen (secondary N) is 2. The van der Waals surface area contributed by atoms with E-state index in [2.05, 4.69) is 32.7 Å². The van der Waals surface area contributed by atoms with Gasteiger partial charge in [-0.15, -0.1) is 0 Å². The van der Waals surface area contributed by atoms with Gasteiger partial charge in [0, 0.05) is 33.2 Å². The molecule has 7 heteroatoms. The van der Waals surface area contributed by atoms with Crippen LogP contribution in [0.4, 0.5) is 0 Å². The molecule has 1 aliphatic heterocycles. The smallest absolute Gasteiger partial charge is 0.191 e. The topological polar surface area (TPSA) is 67.4 Å². The first-order valence-electron chi connectivity index (χ1n) is 10.9. The average molecular weight is 427 g/mol. The molecule has 0 aliphatic carbocycles. The minimum Gasteiger partial charge on any atom is -0.497 e. The normalized spacial score (nSPS) is 15.9. The molecule has 31 heavy (non-hydrogen) atoms. The molecule has 1 heterocycles. The van der Waals surface area contributed by atoms with Crippen LogP contribution >= 0.6 is 0 Å². The van der Waals surface area contributed by atoms with E-state index in [0.717, 1.165) is 63.3 Å². The Balaban J connectivity index is 1.48. The molecule has 0 amide bonds. The molecule has 0 saturated carbocycles. The summed E-state index contributed by atoms with van der Waals surface area (Å²) in [6, 6.07) is 18.4. The molecule has 0 radical (unpaired) electrons. The van der Waals surface area contributed by atoms with Crippen molar-refractivity contribution in [2.45, 2.75) is 12.5 Å². The standard InChI is InChI=1S/C24H34N4O3/c1-25-24(26-13-6-16-31-22-7-4-3-5-8-22)27-19-23(28-14-17-30-18-15-28)20-9-11-21(29-2)12-10-20/h3-5,7-12,23H,6,13-19H2,1-2H3,(H2,25,26,27). The van der Waals surface area contributed by atoms with Crippen LogP contribution < -0.4 is 20.1 Å². The molecular formula is C24H34N4O3. The highest BCUT2D eigenvalue weighted by Crippen LogP contribution is 2.23. The van der Waals surface area contributed by atoms with Crippen LogP contribution in [0.2, 0.25) is 0 Å². The third-order valence-electron chi connectivity index (χ3n) is 5.30. The number of ether oxygens (including phenoxy) is 3. The Hall–Kier alpha value is -2.77. The van der Waals surface area contributed by atoms with Gasteiger partial charge in [-0.05, 0) is 36.2 Å². The molecule has 1 unspecified atom stereocenters. The molecule has 2 aromatic rings. The van der Waals surface area contributed by atoms with E-state index in [0.29, 0.717) is 6.61 Å². The molecule has 3 rings (SSSR count). The van der Waals surface area contributed by atoms with E-state index < -0.39 is 0 Å². The van der Waals surface area contributed by atoms with Crippen molar-refractivity contribution in [3.05, 3.63) is 60.2 Å². The summed E-state index contributed by atoms with van der Waals surface area (Å²) in [7, 11) is 3.49. The van der Waals surface area contributed by atoms with E-state index in [9.17, 15) is 0 Å². The highest BCUT2D eigenvalue weighted by Gasteiger charge is 2.23. The second kappa shape index (κ2) is 12.8. The fourth-order valence-electron chi connectivity index (χ4n) is 3.57. The minimum absolute atomic E-state index is 0.231. The van der Waals surface area contributed by atoms with E-state index in [4.69, 9.17) is 14.2 Å². The number of rotatable bonds is 10. The van der Waals surface area contributed by atoms with E-state index in [1.54, 1.807) is 14.2 Å². The lowest BCUT2D eigenvalue weighted by Gasteiger charge is -2.35. The van der Waals surface area contributed by atoms with Gasteiger partial charge in [0.15, 0.2) is 5.96 Å². The molecule has 1 atom stereocenters. The summed E-state index contributed by atoms with van der Waals surface area (Å²) in [5.74, 6) is 2.57. The zero-order chi connectivity index (χ0) is 21.7. The molecule has 0 aromatic heterocycles. The zero-order valence-corrected chi connectivity index (χ0v) is 18.5. The monoisotopic (exact) mass is 426 g/mol. The number of nitrogens with zero attached hydrogens (tertiary/aromatic N) is 2. The van der Waals surface area contributed by atoms with Crippen LogP contribution in [0.3, 0.4) is 0 Å². The van der Waals surface area contributed by atoms with Crippen LogP contribution in [-0.4, -0.2) is 71.0 Å². The molecule has 1 aliphatic rings. The molecule has 2 aromatic carbocycles. The van der Waals surface area contributed by atoms with Gasteiger partial charge in [0.1, 0.15) is 11.5 Å². The first kappa shape index (κ1) is 22.9. The number of hydrogen-bond donors (Lipinski definition) is 2. The van der Waals surface area contributed by atoms with Gasteiger partial charge in [-0.1, -0.05) is 30.3 Å². The van der Waals surface area contributed by atoms with Crippen molar-refractivity contribution in [3.8, 4) is 11.5 Å². The summed E-state index contributed by atoms with van der Waals surface area (Å²) in [5, 5.41) is 6.87. The first-order valence-corrected chi connectivity index (χ1v) is 10.9. The Bertz CT molecular complexity index is 777. The Morgan fingerprint density at radius 1 is 1.03 bits per heavy atom. The maximum Gasteiger partial charge on any atom is 0.191 e. The van der Waals surface area contributed by atoms with Crippen molar-refractivity contribution >= 4 is 5.96 Å². The number of guanidine groups is 1. The van der Waals surface area contributed by atoms with Crippen LogP contribution in [-0.2, 0) is 4.74 Å². The van der Waals surface area contributed by atoms with E-state index >= 15 is 0 Å². The molecule has 2 N–H and O–H groups in total. The van der Waals surface area contributed by atoms with Gasteiger partial charge in [0.25, 0.3) is 0 Å². The molecule has 7 nitrogen and oxygen atoms in total. The van der Waals surface area contributed by atoms with Crippen molar-refractivity contribution in [1.29, 1.82) is 0 Å². The van der Waals surface area contributed by atoms with Crippen LogP contribution in [0.5, 0.6) is 11.5 Å². The lowest BCUT2D eigenvalue weighted by Crippen LogP contribution is -2.46. The summed E-state index contributed by atoms with van der Waals surface area (Å²) in [5.41, 5.74) is 1.25. The van der Waals surface area contributed by atoms with Gasteiger partial charge in [-0.2, -0.15) is 0 Å². The summed E-state index contributed by atoms with van der Waals surface area (Å²) < 4.78 is 16.6. The SMILES string of the molecule is CN=C(NCCCOc1ccccc1)NCC(c1ccc(OC)cc1)N1CCOCC1. The summed E-state index contributed by atoms with van der Waals surface area (Å²) in [4.78, 5) is 6.83. The van der Waals surface area contributed by atoms with Gasteiger partial charge in [-0.25, -0.2) is 0 Å². The van der Waals surface area contributed by atoms with Crippen molar-refractivity contribution < 1.29 is 14.2 Å². The molecule has 1 saturated heterocycles. The van der Waals surface area contributed by atoms with Gasteiger partial charge in [0.05, 0.1) is 33.0 Å². The van der Waals surface area contributed by atoms with Gasteiger partial charge >= 0.3 is 0 Å². The number of methoxy groups -OCH3 is 1. The summed E-state index contributed by atoms with van der Waals surface area (Å²) in [6.07, 6.45) is 0.890. The third kappa shape index (κ3) is 7.45. The second-order valence-corrected chi connectivity index (χ2v) is 7.33. The van der Waals surface area contributed by atoms with Crippen molar-refractivity contribution in [2.75, 3.05) is 60.2 Å². The summed E-state index contributed by atoms with van der Waals surface area (Å²) in [6.45, 7) is 5.57. The average Bonchev–Trinajstić information content (AvgIpc) is 2.84. The molecule has 1 fully saturated rings. The molecule has 168 valence electrons. The fourth-order valence-corrected chi connectivity index (χ4v) is 3.57. The Morgan fingerprint density at radius 3 is 2.45 bits per heavy atom. The van der Waals surface area contributed by atoms with E-state index in [-0.39, 0.29) is 6.04 Å². The van der Waals surface area contributed by atoms with E-state index in [1.165, 1.54) is 5.56 Å². The fraction of sp³-hybridized carbons (Fsp3) is 0.458. The van der Waals surface area contributed by atoms with Crippen LogP contribution in [0.1, 0.15) is 18.0 Å². The number of hydrogen-bond acceptors (Lipinski definition) is 5. The van der Waals surface area contributed by atoms with Crippen LogP contribution in [0, 0.1) is 0 Å². The Morgan fingerprint density at radius 2 is 1.77 bits per heavy atom. The maximum atomic E-state index is 5.75. The van der Waals surface area contributed by atoms with Crippen LogP contribution in [0.25, 0.3) is 0 Å². The van der Waals surface area contributed by atoms with Gasteiger partial charge in [-0.3, -0.25) is 9.89 Å². The molecule has 0 spiro atoms. The van der Waals surface area contributed by atoms with Crippen molar-refractivity contribution in [1.82, 2.24) is 15.5 Å². The first-order chi connectivity index (χ1) is 15.3. The number of aliphatic imine (C=N–C) groups is 1. The Kier molecular flexibility index (Phi) is 9.47. The molecule has 0 bridgehead atoms. The minimum atomic E-state index is 0.231. The van der Waals surface area contributed by atoms with Crippen LogP contribution in [0.15, 0.2) is 59.6 Å². The number of benzene rings is 2. The van der Waals surface area contributed by atoms with E-state index in [1.807, 2.05) is 42.5 Å². The number of morpholine rings is 1. The van der Waals surface area contributed by atoms with Gasteiger partial charge in [0.2, 0.25) is 0 Å². The van der Waals surface area contributed by atoms with Crippen molar-refractivity contribution in [3.63, 3.8) is 0 Å². The quantitative estimate of drug-likeness (QED) is 0.346.